The smallest absolute Gasteiger partial charge is 0.409 e. The van der Waals surface area contributed by atoms with Crippen molar-refractivity contribution in [1.82, 2.24) is 0 Å². The van der Waals surface area contributed by atoms with E-state index in [1.54, 1.807) is 0 Å². The molecule has 0 aliphatic heterocycles. The molecular formula is C99H129O3P. The van der Waals surface area contributed by atoms with E-state index in [2.05, 4.69) is 369 Å². The van der Waals surface area contributed by atoms with Crippen LogP contribution in [0.25, 0.3) is 0 Å². The average molecular weight is 1400 g/mol. The first kappa shape index (κ1) is 79.9. The second-order valence-electron chi connectivity index (χ2n) is 34.9. The van der Waals surface area contributed by atoms with Crippen LogP contribution in [-0.4, -0.2) is 0 Å². The van der Waals surface area contributed by atoms with E-state index in [0.717, 1.165) is 19.3 Å². The zero-order valence-corrected chi connectivity index (χ0v) is 69.4. The molecule has 103 heavy (non-hydrogen) atoms. The van der Waals surface area contributed by atoms with Crippen molar-refractivity contribution >= 4 is 8.60 Å². The number of hydrogen-bond donors (Lipinski definition) is 0. The van der Waals surface area contributed by atoms with E-state index in [1.807, 2.05) is 0 Å². The van der Waals surface area contributed by atoms with Crippen molar-refractivity contribution in [3.8, 4) is 17.2 Å². The highest BCUT2D eigenvalue weighted by molar-refractivity contribution is 7.43. The quantitative estimate of drug-likeness (QED) is 0.0420. The minimum atomic E-state index is -2.09. The van der Waals surface area contributed by atoms with Crippen LogP contribution in [0.4, 0.5) is 0 Å². The molecule has 4 heteroatoms. The third-order valence-electron chi connectivity index (χ3n) is 22.9. The van der Waals surface area contributed by atoms with Gasteiger partial charge in [0, 0.05) is 16.2 Å². The lowest BCUT2D eigenvalue weighted by Gasteiger charge is -2.36. The van der Waals surface area contributed by atoms with Crippen LogP contribution in [0.2, 0.25) is 0 Å². The van der Waals surface area contributed by atoms with Crippen LogP contribution >= 0.6 is 8.60 Å². The molecule has 9 rings (SSSR count). The predicted octanol–water partition coefficient (Wildman–Crippen LogP) is 29.6. The summed E-state index contributed by atoms with van der Waals surface area (Å²) in [6, 6.07) is 70.3. The minimum Gasteiger partial charge on any atom is -0.409 e. The molecule has 0 spiro atoms. The molecule has 0 radical (unpaired) electrons. The summed E-state index contributed by atoms with van der Waals surface area (Å²) in [7, 11) is -2.09. The summed E-state index contributed by atoms with van der Waals surface area (Å²) in [6.45, 7) is 63.2. The van der Waals surface area contributed by atoms with E-state index >= 15 is 0 Å². The molecule has 3 atom stereocenters. The first-order valence-electron chi connectivity index (χ1n) is 39.5. The van der Waals surface area contributed by atoms with Crippen molar-refractivity contribution < 1.29 is 13.6 Å². The van der Waals surface area contributed by atoms with Crippen LogP contribution in [0.3, 0.4) is 0 Å². The van der Waals surface area contributed by atoms with Crippen LogP contribution in [0, 0.1) is 0 Å². The molecule has 0 saturated carbocycles. The third kappa shape index (κ3) is 18.2. The van der Waals surface area contributed by atoms with Gasteiger partial charge in [0.05, 0.1) is 0 Å². The van der Waals surface area contributed by atoms with Crippen molar-refractivity contribution in [3.63, 3.8) is 0 Å². The molecule has 3 unspecified atom stereocenters. The lowest BCUT2D eigenvalue weighted by Crippen LogP contribution is -2.29. The van der Waals surface area contributed by atoms with Crippen LogP contribution in [0.15, 0.2) is 182 Å². The van der Waals surface area contributed by atoms with E-state index in [1.165, 1.54) is 117 Å². The lowest BCUT2D eigenvalue weighted by atomic mass is 9.68. The summed E-state index contributed by atoms with van der Waals surface area (Å²) in [4.78, 5) is 0. The van der Waals surface area contributed by atoms with Gasteiger partial charge in [0.2, 0.25) is 0 Å². The Balaban J connectivity index is 1.17. The second kappa shape index (κ2) is 33.5. The van der Waals surface area contributed by atoms with E-state index in [9.17, 15) is 0 Å². The van der Waals surface area contributed by atoms with Crippen LogP contribution < -0.4 is 13.6 Å². The maximum absolute atomic E-state index is 7.19. The zero-order valence-electron chi connectivity index (χ0n) is 68.5. The molecule has 0 aliphatic rings. The molecule has 9 aromatic rings. The van der Waals surface area contributed by atoms with Crippen molar-refractivity contribution in [1.29, 1.82) is 0 Å². The molecule has 0 heterocycles. The van der Waals surface area contributed by atoms with Gasteiger partial charge >= 0.3 is 8.60 Å². The normalized spacial score (nSPS) is 14.4. The summed E-state index contributed by atoms with van der Waals surface area (Å²) in [6.07, 6.45) is 2.54. The Morgan fingerprint density at radius 2 is 0.408 bits per heavy atom. The summed E-state index contributed by atoms with van der Waals surface area (Å²) in [5, 5.41) is 0. The first-order valence-corrected chi connectivity index (χ1v) is 40.6. The summed E-state index contributed by atoms with van der Waals surface area (Å²) >= 11 is 0. The maximum atomic E-state index is 7.19. The number of benzene rings is 9. The lowest BCUT2D eigenvalue weighted by molar-refractivity contribution is 0.387. The predicted molar refractivity (Wildman–Crippen MR) is 446 cm³/mol. The Hall–Kier alpha value is -7.19. The van der Waals surface area contributed by atoms with Crippen LogP contribution in [0.5, 0.6) is 17.2 Å². The van der Waals surface area contributed by atoms with Crippen molar-refractivity contribution in [3.05, 3.63) is 299 Å². The van der Waals surface area contributed by atoms with E-state index < -0.39 is 8.60 Å². The van der Waals surface area contributed by atoms with Gasteiger partial charge < -0.3 is 13.6 Å². The molecule has 3 nitrogen and oxygen atoms in total. The highest BCUT2D eigenvalue weighted by atomic mass is 31.2. The zero-order chi connectivity index (χ0) is 75.3. The van der Waals surface area contributed by atoms with Gasteiger partial charge in [-0.05, 0) is 244 Å². The third-order valence-corrected chi connectivity index (χ3v) is 24.0. The Morgan fingerprint density at radius 1 is 0.223 bits per heavy atom. The summed E-state index contributed by atoms with van der Waals surface area (Å²) in [5.74, 6) is 6.74. The van der Waals surface area contributed by atoms with Gasteiger partial charge in [-0.1, -0.05) is 333 Å². The first-order chi connectivity index (χ1) is 48.5. The summed E-state index contributed by atoms with van der Waals surface area (Å²) < 4.78 is 21.6. The second-order valence-corrected chi connectivity index (χ2v) is 35.9. The molecule has 0 fully saturated rings. The Bertz CT molecular complexity index is 3850. The molecule has 0 amide bonds. The monoisotopic (exact) mass is 1400 g/mol. The highest BCUT2D eigenvalue weighted by Gasteiger charge is 2.38. The van der Waals surface area contributed by atoms with Crippen LogP contribution in [0.1, 0.15) is 375 Å². The Labute approximate surface area is 627 Å². The number of hydrogen-bond acceptors (Lipinski definition) is 3. The number of rotatable bonds is 30. The van der Waals surface area contributed by atoms with Gasteiger partial charge in [-0.15, -0.1) is 0 Å². The van der Waals surface area contributed by atoms with Gasteiger partial charge in [-0.25, -0.2) is 0 Å². The van der Waals surface area contributed by atoms with Gasteiger partial charge in [-0.3, -0.25) is 0 Å². The molecule has 9 aromatic carbocycles. The van der Waals surface area contributed by atoms with Gasteiger partial charge in [0.15, 0.2) is 0 Å². The largest absolute Gasteiger partial charge is 0.530 e. The molecule has 0 aliphatic carbocycles. The fourth-order valence-electron chi connectivity index (χ4n) is 15.9. The molecule has 548 valence electrons. The van der Waals surface area contributed by atoms with E-state index in [0.29, 0.717) is 88.3 Å². The maximum Gasteiger partial charge on any atom is 0.530 e. The van der Waals surface area contributed by atoms with Gasteiger partial charge in [-0.2, -0.15) is 0 Å². The molecule has 0 N–H and O–H groups in total. The SMILES string of the molecule is CC(C)c1ccc(CC(C)(c2ccc(OP(Oc3ccc(C(C)(Cc4ccc(C(C)C)cc4C(C)C)c4ccc(C(C)C)cc4C(C)C)cc3)Oc3ccc(C(C)(Cc4ccc(C(C)C)cc4C(C)C)c4ccc(C(C)C)cc4C(C)C)cc3)cc2)c2ccc(C(C)C)cc2C(C)C)c(C(C)C)c1. The van der Waals surface area contributed by atoms with E-state index in [-0.39, 0.29) is 16.2 Å². The standard InChI is InChI=1S/C99H129O3P/c1-61(2)73-28-31-79(88(52-73)67(13)14)58-97(25,94-49-34-76(64(7)8)55-91(94)70(19)20)82-37-43-85(44-38-82)100-103(101-86-45-39-83(40-46-86)98(26,95-50-35-77(65(9)10)56-92(95)71(21)22)59-80-32-29-74(62(3)4)53-89(80)68(15)16)102-87-47-41-84(42-48-87)99(27,96-51-36-78(66(11)12)57-93(96)72(23)24)60-81-33-30-75(63(5)6)54-90(81)69(17)18/h28-57,61-72H,58-60H2,1-27H3. The fourth-order valence-corrected chi connectivity index (χ4v) is 16.9. The molecule has 0 bridgehead atoms. The fraction of sp³-hybridized carbons (Fsp3) is 0.455. The van der Waals surface area contributed by atoms with Gasteiger partial charge in [0.1, 0.15) is 17.2 Å². The molecule has 0 saturated heterocycles. The summed E-state index contributed by atoms with van der Waals surface area (Å²) in [5.41, 5.74) is 27.6. The topological polar surface area (TPSA) is 27.7 Å². The van der Waals surface area contributed by atoms with Crippen molar-refractivity contribution in [2.24, 2.45) is 0 Å². The Morgan fingerprint density at radius 3 is 0.592 bits per heavy atom. The van der Waals surface area contributed by atoms with Crippen LogP contribution in [-0.2, 0) is 35.5 Å². The van der Waals surface area contributed by atoms with Crippen molar-refractivity contribution in [2.75, 3.05) is 0 Å². The molecule has 0 aromatic heterocycles. The minimum absolute atomic E-state index is 0.328. The van der Waals surface area contributed by atoms with Crippen molar-refractivity contribution in [2.45, 2.75) is 293 Å². The van der Waals surface area contributed by atoms with E-state index in [4.69, 9.17) is 13.6 Å². The molecular weight excluding hydrogens is 1270 g/mol. The van der Waals surface area contributed by atoms with Gasteiger partial charge in [0.25, 0.3) is 0 Å². The Kier molecular flexibility index (Phi) is 26.0. The average Bonchev–Trinajstić information content (AvgIpc) is 0.768. The highest BCUT2D eigenvalue weighted by Crippen LogP contribution is 2.50.